The highest BCUT2D eigenvalue weighted by Crippen LogP contribution is 2.40. The van der Waals surface area contributed by atoms with Crippen molar-refractivity contribution in [1.82, 2.24) is 10.2 Å². The molecule has 1 aromatic carbocycles. The molecule has 1 aromatic rings. The van der Waals surface area contributed by atoms with Crippen LogP contribution in [0.25, 0.3) is 0 Å². The second kappa shape index (κ2) is 8.03. The number of nitrogens with one attached hydrogen (secondary N) is 1. The van der Waals surface area contributed by atoms with Crippen LogP contribution in [0.4, 0.5) is 0 Å². The monoisotopic (exact) mass is 405 g/mol. The number of amides is 2. The number of hydrogen-bond donors (Lipinski definition) is 3. The largest absolute Gasteiger partial charge is 0.477 e. The molecule has 0 saturated carbocycles. The molecule has 0 bridgehead atoms. The Kier molecular flexibility index (Phi) is 5.71. The summed E-state index contributed by atoms with van der Waals surface area (Å²) in [6, 6.07) is 6.92. The van der Waals surface area contributed by atoms with Gasteiger partial charge in [0.2, 0.25) is 5.91 Å². The molecule has 0 aliphatic carbocycles. The van der Waals surface area contributed by atoms with Crippen LogP contribution in [0.5, 0.6) is 0 Å². The number of benzene rings is 1. The topological polar surface area (TPSA) is 139 Å². The molecule has 1 saturated heterocycles. The molecule has 10 heteroatoms. The first-order valence-electron chi connectivity index (χ1n) is 8.45. The molecule has 2 aliphatic heterocycles. The molecule has 2 aliphatic rings. The van der Waals surface area contributed by atoms with Crippen molar-refractivity contribution in [3.63, 3.8) is 0 Å². The van der Waals surface area contributed by atoms with Crippen LogP contribution in [0.3, 0.4) is 0 Å². The number of fused-ring (bicyclic) bond motifs is 1. The van der Waals surface area contributed by atoms with Crippen molar-refractivity contribution >= 4 is 35.5 Å². The molecule has 3 rings (SSSR count). The van der Waals surface area contributed by atoms with Gasteiger partial charge in [0.15, 0.2) is 0 Å². The molecule has 3 atom stereocenters. The van der Waals surface area contributed by atoms with Crippen LogP contribution in [0.15, 0.2) is 41.6 Å². The van der Waals surface area contributed by atoms with Gasteiger partial charge < -0.3 is 20.9 Å². The van der Waals surface area contributed by atoms with Gasteiger partial charge >= 0.3 is 11.9 Å². The summed E-state index contributed by atoms with van der Waals surface area (Å²) in [5.41, 5.74) is 6.69. The van der Waals surface area contributed by atoms with Crippen LogP contribution in [-0.4, -0.2) is 57.5 Å². The van der Waals surface area contributed by atoms with Crippen LogP contribution < -0.4 is 11.1 Å². The molecule has 1 unspecified atom stereocenters. The van der Waals surface area contributed by atoms with E-state index in [4.69, 9.17) is 10.5 Å². The predicted molar refractivity (Wildman–Crippen MR) is 99.7 cm³/mol. The minimum Gasteiger partial charge on any atom is -0.477 e. The third-order valence-electron chi connectivity index (χ3n) is 4.44. The Morgan fingerprint density at radius 3 is 2.64 bits per heavy atom. The lowest BCUT2D eigenvalue weighted by Crippen LogP contribution is -2.71. The summed E-state index contributed by atoms with van der Waals surface area (Å²) >= 11 is 1.29. The quantitative estimate of drug-likeness (QED) is 0.444. The number of nitrogens with two attached hydrogens (primary N) is 1. The van der Waals surface area contributed by atoms with Crippen molar-refractivity contribution in [2.24, 2.45) is 5.73 Å². The van der Waals surface area contributed by atoms with E-state index in [1.54, 1.807) is 30.3 Å². The summed E-state index contributed by atoms with van der Waals surface area (Å²) in [7, 11) is 0. The normalized spacial score (nSPS) is 22.1. The van der Waals surface area contributed by atoms with Gasteiger partial charge in [-0.3, -0.25) is 19.3 Å². The van der Waals surface area contributed by atoms with E-state index in [2.05, 4.69) is 5.32 Å². The maximum absolute atomic E-state index is 12.5. The third kappa shape index (κ3) is 3.73. The highest BCUT2D eigenvalue weighted by atomic mass is 32.2. The van der Waals surface area contributed by atoms with Crippen LogP contribution in [-0.2, 0) is 23.9 Å². The van der Waals surface area contributed by atoms with Crippen molar-refractivity contribution in [2.45, 2.75) is 24.4 Å². The van der Waals surface area contributed by atoms with Crippen molar-refractivity contribution < 1.29 is 29.0 Å². The standard InChI is InChI=1S/C18H19N3O6S/c1-9(22)27-7-11-8-28-17-13(16(24)21(17)14(11)18(25)26)20-15(23)12(19)10-5-3-2-4-6-10/h2-6,12-13,17H,7-8,19H2,1H3,(H,20,23)(H,25,26)/t12-,13?,17-/m0/s1. The Morgan fingerprint density at radius 2 is 2.04 bits per heavy atom. The smallest absolute Gasteiger partial charge is 0.352 e. The Bertz CT molecular complexity index is 856. The fraction of sp³-hybridized carbons (Fsp3) is 0.333. The molecule has 2 heterocycles. The second-order valence-electron chi connectivity index (χ2n) is 6.32. The zero-order valence-electron chi connectivity index (χ0n) is 15.0. The predicted octanol–water partition coefficient (Wildman–Crippen LogP) is -0.0119. The van der Waals surface area contributed by atoms with Gasteiger partial charge in [-0.1, -0.05) is 30.3 Å². The van der Waals surface area contributed by atoms with Crippen LogP contribution in [0.2, 0.25) is 0 Å². The SMILES string of the molecule is CC(=O)OCC1=C(C(=O)O)N2C(=O)C(NC(=O)[C@@H](N)c3ccccc3)[C@@H]2SC1. The van der Waals surface area contributed by atoms with Crippen molar-refractivity contribution in [1.29, 1.82) is 0 Å². The Balaban J connectivity index is 1.72. The number of ether oxygens (including phenoxy) is 1. The minimum atomic E-state index is -1.29. The first-order chi connectivity index (χ1) is 13.3. The fourth-order valence-corrected chi connectivity index (χ4v) is 4.37. The van der Waals surface area contributed by atoms with E-state index in [1.165, 1.54) is 18.7 Å². The fourth-order valence-electron chi connectivity index (χ4n) is 3.04. The number of nitrogens with zero attached hydrogens (tertiary/aromatic N) is 1. The van der Waals surface area contributed by atoms with Gasteiger partial charge in [-0.25, -0.2) is 4.79 Å². The van der Waals surface area contributed by atoms with Gasteiger partial charge in [0.25, 0.3) is 5.91 Å². The summed E-state index contributed by atoms with van der Waals surface area (Å²) in [4.78, 5) is 48.7. The first-order valence-corrected chi connectivity index (χ1v) is 9.50. The van der Waals surface area contributed by atoms with E-state index >= 15 is 0 Å². The lowest BCUT2D eigenvalue weighted by molar-refractivity contribution is -0.151. The summed E-state index contributed by atoms with van der Waals surface area (Å²) in [5.74, 6) is -2.62. The number of thioether (sulfide) groups is 1. The molecule has 4 N–H and O–H groups in total. The molecule has 0 aromatic heterocycles. The molecule has 0 radical (unpaired) electrons. The van der Waals surface area contributed by atoms with Crippen LogP contribution in [0, 0.1) is 0 Å². The second-order valence-corrected chi connectivity index (χ2v) is 7.43. The zero-order valence-corrected chi connectivity index (χ0v) is 15.8. The van der Waals surface area contributed by atoms with Crippen LogP contribution in [0.1, 0.15) is 18.5 Å². The number of rotatable bonds is 6. The minimum absolute atomic E-state index is 0.198. The highest BCUT2D eigenvalue weighted by molar-refractivity contribution is 8.00. The average molecular weight is 405 g/mol. The van der Waals surface area contributed by atoms with E-state index in [1.807, 2.05) is 0 Å². The van der Waals surface area contributed by atoms with Crippen molar-refractivity contribution in [3.8, 4) is 0 Å². The summed E-state index contributed by atoms with van der Waals surface area (Å²) in [5, 5.41) is 11.6. The lowest BCUT2D eigenvalue weighted by Gasteiger charge is -2.49. The van der Waals surface area contributed by atoms with Crippen LogP contribution >= 0.6 is 11.8 Å². The molecule has 28 heavy (non-hydrogen) atoms. The molecular formula is C18H19N3O6S. The van der Waals surface area contributed by atoms with E-state index < -0.39 is 41.2 Å². The molecule has 9 nitrogen and oxygen atoms in total. The van der Waals surface area contributed by atoms with Gasteiger partial charge in [0.1, 0.15) is 29.8 Å². The number of β-lactam (4-membered cyclic amide) rings is 1. The van der Waals surface area contributed by atoms with E-state index in [9.17, 15) is 24.3 Å². The maximum atomic E-state index is 12.5. The molecule has 0 spiro atoms. The van der Waals surface area contributed by atoms with Gasteiger partial charge in [0, 0.05) is 18.2 Å². The summed E-state index contributed by atoms with van der Waals surface area (Å²) in [6.45, 7) is 1.02. The van der Waals surface area contributed by atoms with E-state index in [-0.39, 0.29) is 18.1 Å². The third-order valence-corrected chi connectivity index (χ3v) is 5.78. The van der Waals surface area contributed by atoms with Gasteiger partial charge in [-0.05, 0) is 5.56 Å². The number of esters is 1. The number of aliphatic carboxylic acids is 1. The summed E-state index contributed by atoms with van der Waals surface area (Å²) < 4.78 is 4.88. The Hall–Kier alpha value is -2.85. The average Bonchev–Trinajstić information content (AvgIpc) is 2.69. The number of carbonyl (C=O) groups is 4. The first kappa shape index (κ1) is 19.9. The zero-order chi connectivity index (χ0) is 20.4. The highest BCUT2D eigenvalue weighted by Gasteiger charge is 2.54. The maximum Gasteiger partial charge on any atom is 0.352 e. The van der Waals surface area contributed by atoms with Crippen molar-refractivity contribution in [2.75, 3.05) is 12.4 Å². The molecule has 148 valence electrons. The van der Waals surface area contributed by atoms with E-state index in [0.717, 1.165) is 4.90 Å². The van der Waals surface area contributed by atoms with Gasteiger partial charge in [-0.15, -0.1) is 11.8 Å². The summed E-state index contributed by atoms with van der Waals surface area (Å²) in [6.07, 6.45) is 0. The molecule has 1 fully saturated rings. The number of carboxylic acids is 1. The molecule has 2 amide bonds. The number of carboxylic acid groups (broad SMARTS) is 1. The Labute approximate surface area is 164 Å². The van der Waals surface area contributed by atoms with Crippen molar-refractivity contribution in [3.05, 3.63) is 47.2 Å². The lowest BCUT2D eigenvalue weighted by atomic mass is 10.0. The van der Waals surface area contributed by atoms with E-state index in [0.29, 0.717) is 11.1 Å². The number of carbonyl (C=O) groups excluding carboxylic acids is 3. The van der Waals surface area contributed by atoms with Gasteiger partial charge in [-0.2, -0.15) is 0 Å². The molecular weight excluding hydrogens is 386 g/mol. The van der Waals surface area contributed by atoms with Gasteiger partial charge in [0.05, 0.1) is 0 Å². The number of hydrogen-bond acceptors (Lipinski definition) is 7. The Morgan fingerprint density at radius 1 is 1.36 bits per heavy atom.